The summed E-state index contributed by atoms with van der Waals surface area (Å²) in [6, 6.07) is 1.46. The van der Waals surface area contributed by atoms with E-state index in [1.165, 1.54) is 4.90 Å². The van der Waals surface area contributed by atoms with Gasteiger partial charge in [-0.25, -0.2) is 4.79 Å². The number of primary amides is 1. The fourth-order valence-corrected chi connectivity index (χ4v) is 1.01. The number of hydrogen-bond donors (Lipinski definition) is 1. The van der Waals surface area contributed by atoms with Gasteiger partial charge in [-0.3, -0.25) is 4.98 Å². The largest absolute Gasteiger partial charge is 0.351 e. The highest BCUT2D eigenvalue weighted by atomic mass is 16.2. The molecule has 70 valence electrons. The van der Waals surface area contributed by atoms with Crippen LogP contribution in [0.25, 0.3) is 0 Å². The molecule has 0 bridgehead atoms. The van der Waals surface area contributed by atoms with Crippen molar-refractivity contribution >= 4 is 6.03 Å². The molecule has 0 unspecified atom stereocenters. The zero-order chi connectivity index (χ0) is 9.84. The van der Waals surface area contributed by atoms with Gasteiger partial charge in [-0.2, -0.15) is 0 Å². The van der Waals surface area contributed by atoms with Gasteiger partial charge in [0.1, 0.15) is 0 Å². The van der Waals surface area contributed by atoms with E-state index in [9.17, 15) is 4.79 Å². The molecule has 0 atom stereocenters. The van der Waals surface area contributed by atoms with Crippen LogP contribution in [0, 0.1) is 6.92 Å². The Morgan fingerprint density at radius 3 is 2.92 bits per heavy atom. The molecule has 1 heterocycles. The van der Waals surface area contributed by atoms with Crippen LogP contribution in [0.1, 0.15) is 11.1 Å². The minimum atomic E-state index is -0.420. The Morgan fingerprint density at radius 1 is 1.69 bits per heavy atom. The van der Waals surface area contributed by atoms with E-state index in [0.717, 1.165) is 11.1 Å². The molecule has 2 N–H and O–H groups in total. The minimum absolute atomic E-state index is 0.420. The monoisotopic (exact) mass is 179 g/mol. The quantitative estimate of drug-likeness (QED) is 0.733. The zero-order valence-corrected chi connectivity index (χ0v) is 7.82. The van der Waals surface area contributed by atoms with Crippen molar-refractivity contribution in [2.75, 3.05) is 7.05 Å². The smallest absolute Gasteiger partial charge is 0.314 e. The maximum atomic E-state index is 10.7. The van der Waals surface area contributed by atoms with Crippen LogP contribution in [0.3, 0.4) is 0 Å². The molecule has 0 spiro atoms. The number of urea groups is 1. The molecule has 0 saturated carbocycles. The predicted octanol–water partition coefficient (Wildman–Crippen LogP) is 0.901. The number of hydrogen-bond acceptors (Lipinski definition) is 2. The molecule has 1 aromatic heterocycles. The molecule has 1 aromatic rings. The summed E-state index contributed by atoms with van der Waals surface area (Å²) in [5, 5.41) is 0. The summed E-state index contributed by atoms with van der Waals surface area (Å²) in [5.41, 5.74) is 7.24. The highest BCUT2D eigenvalue weighted by molar-refractivity contribution is 5.71. The fourth-order valence-electron chi connectivity index (χ4n) is 1.01. The van der Waals surface area contributed by atoms with Gasteiger partial charge in [-0.05, 0) is 24.1 Å². The SMILES string of the molecule is Cc1cnccc1CN(C)C(N)=O. The second kappa shape index (κ2) is 3.89. The lowest BCUT2D eigenvalue weighted by atomic mass is 10.1. The third kappa shape index (κ3) is 2.43. The van der Waals surface area contributed by atoms with Crippen LogP contribution in [0.5, 0.6) is 0 Å². The standard InChI is InChI=1S/C9H13N3O/c1-7-5-11-4-3-8(7)6-12(2)9(10)13/h3-5H,6H2,1-2H3,(H2,10,13). The Morgan fingerprint density at radius 2 is 2.38 bits per heavy atom. The van der Waals surface area contributed by atoms with Crippen molar-refractivity contribution in [3.05, 3.63) is 29.6 Å². The number of carbonyl (C=O) groups excluding carboxylic acids is 1. The van der Waals surface area contributed by atoms with Crippen LogP contribution in [0.4, 0.5) is 4.79 Å². The Bertz CT molecular complexity index is 311. The molecule has 13 heavy (non-hydrogen) atoms. The second-order valence-electron chi connectivity index (χ2n) is 3.00. The van der Waals surface area contributed by atoms with E-state index < -0.39 is 6.03 Å². The van der Waals surface area contributed by atoms with E-state index in [4.69, 9.17) is 5.73 Å². The number of aryl methyl sites for hydroxylation is 1. The lowest BCUT2D eigenvalue weighted by molar-refractivity contribution is 0.216. The van der Waals surface area contributed by atoms with Crippen LogP contribution in [0.2, 0.25) is 0 Å². The van der Waals surface area contributed by atoms with Crippen molar-refractivity contribution in [3.8, 4) is 0 Å². The Hall–Kier alpha value is -1.58. The summed E-state index contributed by atoms with van der Waals surface area (Å²) < 4.78 is 0. The summed E-state index contributed by atoms with van der Waals surface area (Å²) >= 11 is 0. The van der Waals surface area contributed by atoms with Gasteiger partial charge >= 0.3 is 6.03 Å². The van der Waals surface area contributed by atoms with E-state index in [2.05, 4.69) is 4.98 Å². The van der Waals surface area contributed by atoms with Crippen molar-refractivity contribution in [1.29, 1.82) is 0 Å². The van der Waals surface area contributed by atoms with Crippen molar-refractivity contribution < 1.29 is 4.79 Å². The van der Waals surface area contributed by atoms with Gasteiger partial charge in [0.25, 0.3) is 0 Å². The average Bonchev–Trinajstić information content (AvgIpc) is 2.08. The number of nitrogens with two attached hydrogens (primary N) is 1. The van der Waals surface area contributed by atoms with Crippen molar-refractivity contribution in [3.63, 3.8) is 0 Å². The normalized spacial score (nSPS) is 9.69. The summed E-state index contributed by atoms with van der Waals surface area (Å²) in [7, 11) is 1.67. The molecule has 4 nitrogen and oxygen atoms in total. The Balaban J connectivity index is 2.74. The van der Waals surface area contributed by atoms with Gasteiger partial charge in [0.15, 0.2) is 0 Å². The van der Waals surface area contributed by atoms with Gasteiger partial charge in [-0.15, -0.1) is 0 Å². The lowest BCUT2D eigenvalue weighted by Crippen LogP contribution is -2.31. The Labute approximate surface area is 77.4 Å². The molecular weight excluding hydrogens is 166 g/mol. The zero-order valence-electron chi connectivity index (χ0n) is 7.82. The summed E-state index contributed by atoms with van der Waals surface area (Å²) in [6.45, 7) is 2.49. The highest BCUT2D eigenvalue weighted by Gasteiger charge is 2.05. The molecule has 0 radical (unpaired) electrons. The van der Waals surface area contributed by atoms with Crippen molar-refractivity contribution in [2.45, 2.75) is 13.5 Å². The molecule has 0 fully saturated rings. The molecule has 1 rings (SSSR count). The minimum Gasteiger partial charge on any atom is -0.351 e. The first-order valence-corrected chi connectivity index (χ1v) is 4.01. The molecule has 0 aromatic carbocycles. The molecule has 0 aliphatic heterocycles. The number of aromatic nitrogens is 1. The molecule has 0 saturated heterocycles. The summed E-state index contributed by atoms with van der Waals surface area (Å²) in [4.78, 5) is 16.2. The van der Waals surface area contributed by atoms with E-state index in [1.807, 2.05) is 13.0 Å². The van der Waals surface area contributed by atoms with E-state index in [0.29, 0.717) is 6.54 Å². The number of rotatable bonds is 2. The van der Waals surface area contributed by atoms with E-state index in [-0.39, 0.29) is 0 Å². The van der Waals surface area contributed by atoms with Gasteiger partial charge in [0.05, 0.1) is 0 Å². The van der Waals surface area contributed by atoms with E-state index in [1.54, 1.807) is 19.4 Å². The molecule has 0 aliphatic rings. The van der Waals surface area contributed by atoms with Crippen LogP contribution < -0.4 is 5.73 Å². The predicted molar refractivity (Wildman–Crippen MR) is 50.0 cm³/mol. The van der Waals surface area contributed by atoms with Crippen LogP contribution >= 0.6 is 0 Å². The average molecular weight is 179 g/mol. The van der Waals surface area contributed by atoms with Gasteiger partial charge in [-0.1, -0.05) is 0 Å². The number of carbonyl (C=O) groups is 1. The number of pyridine rings is 1. The van der Waals surface area contributed by atoms with Crippen molar-refractivity contribution in [2.24, 2.45) is 5.73 Å². The van der Waals surface area contributed by atoms with Crippen molar-refractivity contribution in [1.82, 2.24) is 9.88 Å². The molecule has 2 amide bonds. The van der Waals surface area contributed by atoms with Crippen LogP contribution in [0.15, 0.2) is 18.5 Å². The van der Waals surface area contributed by atoms with E-state index >= 15 is 0 Å². The second-order valence-corrected chi connectivity index (χ2v) is 3.00. The van der Waals surface area contributed by atoms with Gasteiger partial charge in [0.2, 0.25) is 0 Å². The maximum absolute atomic E-state index is 10.7. The number of nitrogens with zero attached hydrogens (tertiary/aromatic N) is 2. The lowest BCUT2D eigenvalue weighted by Gasteiger charge is -2.15. The van der Waals surface area contributed by atoms with Crippen LogP contribution in [-0.2, 0) is 6.54 Å². The van der Waals surface area contributed by atoms with Crippen LogP contribution in [-0.4, -0.2) is 23.0 Å². The molecular formula is C9H13N3O. The third-order valence-corrected chi connectivity index (χ3v) is 1.92. The molecule has 4 heteroatoms. The van der Waals surface area contributed by atoms with Gasteiger partial charge < -0.3 is 10.6 Å². The highest BCUT2D eigenvalue weighted by Crippen LogP contribution is 2.07. The first-order chi connectivity index (χ1) is 6.11. The first-order valence-electron chi connectivity index (χ1n) is 4.01. The third-order valence-electron chi connectivity index (χ3n) is 1.92. The summed E-state index contributed by atoms with van der Waals surface area (Å²) in [5.74, 6) is 0. The maximum Gasteiger partial charge on any atom is 0.314 e. The number of amides is 2. The summed E-state index contributed by atoms with van der Waals surface area (Å²) in [6.07, 6.45) is 3.47. The first kappa shape index (κ1) is 9.51. The Kier molecular flexibility index (Phi) is 2.84. The molecule has 0 aliphatic carbocycles. The van der Waals surface area contributed by atoms with Gasteiger partial charge in [0, 0.05) is 26.0 Å². The fraction of sp³-hybridized carbons (Fsp3) is 0.333. The topological polar surface area (TPSA) is 59.2 Å².